The van der Waals surface area contributed by atoms with Crippen LogP contribution in [0.4, 0.5) is 11.4 Å². The van der Waals surface area contributed by atoms with Crippen LogP contribution < -0.4 is 14.4 Å². The molecule has 3 heterocycles. The Labute approximate surface area is 216 Å². The second kappa shape index (κ2) is 8.66. The Morgan fingerprint density at radius 3 is 2.62 bits per heavy atom. The molecule has 0 unspecified atom stereocenters. The van der Waals surface area contributed by atoms with Gasteiger partial charge >= 0.3 is 0 Å². The van der Waals surface area contributed by atoms with Crippen LogP contribution in [0.3, 0.4) is 0 Å². The van der Waals surface area contributed by atoms with Crippen molar-refractivity contribution in [1.82, 2.24) is 14.9 Å². The van der Waals surface area contributed by atoms with E-state index in [1.54, 1.807) is 23.4 Å². The summed E-state index contributed by atoms with van der Waals surface area (Å²) in [7, 11) is 2.30. The van der Waals surface area contributed by atoms with Crippen molar-refractivity contribution >= 4 is 38.2 Å². The van der Waals surface area contributed by atoms with Crippen LogP contribution >= 0.6 is 0 Å². The summed E-state index contributed by atoms with van der Waals surface area (Å²) >= 11 is 0. The molecule has 2 aromatic heterocycles. The topological polar surface area (TPSA) is 105 Å². The Hall–Kier alpha value is -3.24. The van der Waals surface area contributed by atoms with E-state index in [2.05, 4.69) is 19.6 Å². The minimum atomic E-state index is -3.50. The predicted molar refractivity (Wildman–Crippen MR) is 144 cm³/mol. The number of hydrogen-bond acceptors (Lipinski definition) is 7. The van der Waals surface area contributed by atoms with Crippen LogP contribution in [-0.2, 0) is 20.2 Å². The number of sulfonamides is 1. The lowest BCUT2D eigenvalue weighted by molar-refractivity contribution is -0.119. The summed E-state index contributed by atoms with van der Waals surface area (Å²) in [4.78, 5) is 25.9. The standard InChI is InChI=1S/C27H31N5O4S/c1-31(2)11-4-12-36-25-22(30-37(34,35)19-6-7-19)14-18(15-29-25)17-5-8-21-20(13-17)24-23(16-28-21)32(3)26(33)27(24)9-10-27/h5,8,13-16,19,30H,4,6-7,9-12H2,1-3H3. The van der Waals surface area contributed by atoms with Gasteiger partial charge in [0.05, 0.1) is 34.7 Å². The lowest BCUT2D eigenvalue weighted by atomic mass is 9.92. The number of carbonyl (C=O) groups is 1. The number of amides is 1. The largest absolute Gasteiger partial charge is 0.476 e. The number of fused-ring (bicyclic) bond motifs is 4. The molecule has 194 valence electrons. The zero-order chi connectivity index (χ0) is 25.9. The molecule has 2 aliphatic carbocycles. The van der Waals surface area contributed by atoms with E-state index in [4.69, 9.17) is 4.74 Å². The van der Waals surface area contributed by atoms with Crippen molar-refractivity contribution in [2.75, 3.05) is 43.9 Å². The van der Waals surface area contributed by atoms with Crippen LogP contribution in [0.25, 0.3) is 22.0 Å². The molecule has 6 rings (SSSR count). The molecule has 2 fully saturated rings. The van der Waals surface area contributed by atoms with Gasteiger partial charge in [-0.1, -0.05) is 6.07 Å². The molecule has 0 bridgehead atoms. The molecule has 1 amide bonds. The zero-order valence-corrected chi connectivity index (χ0v) is 22.1. The van der Waals surface area contributed by atoms with Gasteiger partial charge in [-0.25, -0.2) is 13.4 Å². The molecule has 1 aromatic carbocycles. The number of aromatic nitrogens is 2. The molecule has 3 aromatic rings. The summed E-state index contributed by atoms with van der Waals surface area (Å²) in [5.41, 5.74) is 4.30. The molecular weight excluding hydrogens is 490 g/mol. The lowest BCUT2D eigenvalue weighted by Gasteiger charge is -2.15. The fraction of sp³-hybridized carbons (Fsp3) is 0.444. The highest BCUT2D eigenvalue weighted by atomic mass is 32.2. The molecule has 0 radical (unpaired) electrons. The van der Waals surface area contributed by atoms with Crippen LogP contribution in [-0.4, -0.2) is 68.7 Å². The quantitative estimate of drug-likeness (QED) is 0.430. The summed E-state index contributed by atoms with van der Waals surface area (Å²) < 4.78 is 34.2. The number of benzene rings is 1. The highest BCUT2D eigenvalue weighted by Crippen LogP contribution is 2.58. The van der Waals surface area contributed by atoms with Crippen LogP contribution in [0.2, 0.25) is 0 Å². The van der Waals surface area contributed by atoms with E-state index in [1.807, 2.05) is 39.3 Å². The van der Waals surface area contributed by atoms with E-state index in [0.29, 0.717) is 25.1 Å². The van der Waals surface area contributed by atoms with Crippen LogP contribution in [0.5, 0.6) is 5.88 Å². The van der Waals surface area contributed by atoms with Gasteiger partial charge in [-0.3, -0.25) is 14.5 Å². The highest BCUT2D eigenvalue weighted by Gasteiger charge is 2.59. The van der Waals surface area contributed by atoms with E-state index in [9.17, 15) is 13.2 Å². The van der Waals surface area contributed by atoms with Crippen LogP contribution in [0, 0.1) is 0 Å². The lowest BCUT2D eigenvalue weighted by Crippen LogP contribution is -2.28. The fourth-order valence-corrected chi connectivity index (χ4v) is 6.58. The van der Waals surface area contributed by atoms with Gasteiger partial charge in [-0.15, -0.1) is 0 Å². The summed E-state index contributed by atoms with van der Waals surface area (Å²) in [6, 6.07) is 7.73. The highest BCUT2D eigenvalue weighted by molar-refractivity contribution is 7.93. The molecule has 1 N–H and O–H groups in total. The maximum Gasteiger partial charge on any atom is 0.238 e. The molecule has 1 aliphatic heterocycles. The number of rotatable bonds is 9. The van der Waals surface area contributed by atoms with Crippen LogP contribution in [0.15, 0.2) is 36.7 Å². The number of hydrogen-bond donors (Lipinski definition) is 1. The van der Waals surface area contributed by atoms with Gasteiger partial charge in [0.15, 0.2) is 0 Å². The van der Waals surface area contributed by atoms with Crippen molar-refractivity contribution in [3.8, 4) is 17.0 Å². The summed E-state index contributed by atoms with van der Waals surface area (Å²) in [6.07, 6.45) is 7.32. The molecule has 0 saturated heterocycles. The van der Waals surface area contributed by atoms with Gasteiger partial charge in [0.1, 0.15) is 5.69 Å². The van der Waals surface area contributed by atoms with Crippen molar-refractivity contribution in [1.29, 1.82) is 0 Å². The predicted octanol–water partition coefficient (Wildman–Crippen LogP) is 3.54. The maximum atomic E-state index is 13.0. The molecule has 10 heteroatoms. The molecule has 37 heavy (non-hydrogen) atoms. The molecule has 2 saturated carbocycles. The SMILES string of the molecule is CN(C)CCCOc1ncc(-c2ccc3ncc4c(c3c2)C2(CC2)C(=O)N4C)cc1NS(=O)(=O)C1CC1. The number of carbonyl (C=O) groups excluding carboxylic acids is 1. The van der Waals surface area contributed by atoms with E-state index < -0.39 is 15.4 Å². The molecule has 0 atom stereocenters. The average molecular weight is 522 g/mol. The van der Waals surface area contributed by atoms with Crippen LogP contribution in [0.1, 0.15) is 37.7 Å². The first-order valence-corrected chi connectivity index (χ1v) is 14.3. The van der Waals surface area contributed by atoms with Crippen molar-refractivity contribution in [2.45, 2.75) is 42.8 Å². The second-order valence-electron chi connectivity index (χ2n) is 10.6. The first-order chi connectivity index (χ1) is 17.7. The third kappa shape index (κ3) is 4.21. The number of likely N-dealkylation sites (N-methyl/N-ethyl adjacent to an activating group) is 1. The minimum absolute atomic E-state index is 0.136. The first-order valence-electron chi connectivity index (χ1n) is 12.7. The molecule has 9 nitrogen and oxygen atoms in total. The molecular formula is C27H31N5O4S. The summed E-state index contributed by atoms with van der Waals surface area (Å²) in [5.74, 6) is 0.413. The first kappa shape index (κ1) is 24.1. The van der Waals surface area contributed by atoms with E-state index in [-0.39, 0.29) is 17.0 Å². The number of pyridine rings is 2. The van der Waals surface area contributed by atoms with Gasteiger partial charge in [0.2, 0.25) is 21.8 Å². The normalized spacial score (nSPS) is 18.1. The Balaban J connectivity index is 1.38. The molecule has 1 spiro atoms. The smallest absolute Gasteiger partial charge is 0.238 e. The second-order valence-corrected chi connectivity index (χ2v) is 12.6. The van der Waals surface area contributed by atoms with Gasteiger partial charge in [-0.05, 0) is 70.0 Å². The zero-order valence-electron chi connectivity index (χ0n) is 21.3. The average Bonchev–Trinajstić information content (AvgIpc) is 3.78. The van der Waals surface area contributed by atoms with Crippen molar-refractivity contribution in [3.05, 3.63) is 42.2 Å². The van der Waals surface area contributed by atoms with E-state index >= 15 is 0 Å². The fourth-order valence-electron chi connectivity index (χ4n) is 5.21. The van der Waals surface area contributed by atoms with Crippen molar-refractivity contribution < 1.29 is 17.9 Å². The Bertz CT molecular complexity index is 1510. The Kier molecular flexibility index (Phi) is 5.65. The maximum absolute atomic E-state index is 13.0. The van der Waals surface area contributed by atoms with Gasteiger partial charge in [0.25, 0.3) is 0 Å². The Morgan fingerprint density at radius 1 is 1.14 bits per heavy atom. The minimum Gasteiger partial charge on any atom is -0.476 e. The molecule has 3 aliphatic rings. The summed E-state index contributed by atoms with van der Waals surface area (Å²) in [6.45, 7) is 1.29. The summed E-state index contributed by atoms with van der Waals surface area (Å²) in [5, 5.41) is 0.589. The third-order valence-electron chi connectivity index (χ3n) is 7.54. The van der Waals surface area contributed by atoms with Gasteiger partial charge < -0.3 is 14.5 Å². The van der Waals surface area contributed by atoms with E-state index in [1.165, 1.54) is 0 Å². The number of nitrogens with zero attached hydrogens (tertiary/aromatic N) is 4. The van der Waals surface area contributed by atoms with Crippen molar-refractivity contribution in [3.63, 3.8) is 0 Å². The van der Waals surface area contributed by atoms with Gasteiger partial charge in [-0.2, -0.15) is 0 Å². The van der Waals surface area contributed by atoms with Crippen molar-refractivity contribution in [2.24, 2.45) is 0 Å². The monoisotopic (exact) mass is 521 g/mol. The van der Waals surface area contributed by atoms with E-state index in [0.717, 1.165) is 59.1 Å². The van der Waals surface area contributed by atoms with Gasteiger partial charge in [0, 0.05) is 36.3 Å². The number of anilines is 2. The Morgan fingerprint density at radius 2 is 1.92 bits per heavy atom. The number of nitrogens with one attached hydrogen (secondary N) is 1. The third-order valence-corrected chi connectivity index (χ3v) is 9.39. The number of ether oxygens (including phenoxy) is 1.